The van der Waals surface area contributed by atoms with E-state index >= 15 is 0 Å². The van der Waals surface area contributed by atoms with Crippen LogP contribution in [0.2, 0.25) is 0 Å². The fraction of sp³-hybridized carbons (Fsp3) is 0.367. The number of piperidine rings is 2. The van der Waals surface area contributed by atoms with Crippen molar-refractivity contribution in [1.82, 2.24) is 18.4 Å². The van der Waals surface area contributed by atoms with Gasteiger partial charge in [0.1, 0.15) is 5.82 Å². The Bertz CT molecular complexity index is 1610. The normalized spacial score (nSPS) is 26.1. The maximum atomic E-state index is 13.7. The van der Waals surface area contributed by atoms with Gasteiger partial charge >= 0.3 is 0 Å². The molecule has 0 unspecified atom stereocenters. The van der Waals surface area contributed by atoms with Crippen LogP contribution in [0.3, 0.4) is 0 Å². The largest absolute Gasteiger partial charge is 0.282 e. The zero-order chi connectivity index (χ0) is 26.1. The summed E-state index contributed by atoms with van der Waals surface area (Å²) in [5.41, 5.74) is 5.10. The summed E-state index contributed by atoms with van der Waals surface area (Å²) in [5.74, 6) is 0.229. The molecule has 3 heterocycles. The van der Waals surface area contributed by atoms with Gasteiger partial charge < -0.3 is 0 Å². The molecule has 7 rings (SSSR count). The number of halogens is 1. The molecule has 3 atom stereocenters. The van der Waals surface area contributed by atoms with E-state index in [1.165, 1.54) is 23.3 Å². The third-order valence-electron chi connectivity index (χ3n) is 8.96. The number of nitrogens with zero attached hydrogens (tertiary/aromatic N) is 4. The minimum Gasteiger partial charge on any atom is -0.233 e. The van der Waals surface area contributed by atoms with E-state index in [1.807, 2.05) is 16.9 Å². The second-order valence-electron chi connectivity index (χ2n) is 11.1. The first kappa shape index (κ1) is 24.0. The Hall–Kier alpha value is -3.07. The number of rotatable bonds is 5. The molecule has 3 fully saturated rings. The summed E-state index contributed by atoms with van der Waals surface area (Å²) in [6.45, 7) is 4.39. The predicted molar refractivity (Wildman–Crippen MR) is 146 cm³/mol. The summed E-state index contributed by atoms with van der Waals surface area (Å²) in [5, 5.41) is 5.61. The van der Waals surface area contributed by atoms with Crippen LogP contribution in [0, 0.1) is 18.7 Å². The van der Waals surface area contributed by atoms with E-state index < -0.39 is 10.2 Å². The average molecular weight is 531 g/mol. The van der Waals surface area contributed by atoms with Gasteiger partial charge in [0.15, 0.2) is 0 Å². The molecule has 1 aromatic heterocycles. The van der Waals surface area contributed by atoms with Gasteiger partial charge in [-0.05, 0) is 78.8 Å². The number of aryl methyl sites for hydroxylation is 1. The van der Waals surface area contributed by atoms with Crippen LogP contribution < -0.4 is 0 Å². The Morgan fingerprint density at radius 3 is 2.42 bits per heavy atom. The van der Waals surface area contributed by atoms with Gasteiger partial charge in [-0.1, -0.05) is 36.8 Å². The molecule has 8 heteroatoms. The highest BCUT2D eigenvalue weighted by Crippen LogP contribution is 2.70. The average Bonchev–Trinajstić information content (AvgIpc) is 3.20. The molecule has 1 aliphatic carbocycles. The molecule has 0 radical (unpaired) electrons. The van der Waals surface area contributed by atoms with Crippen molar-refractivity contribution in [3.8, 4) is 5.69 Å². The highest BCUT2D eigenvalue weighted by molar-refractivity contribution is 7.86. The van der Waals surface area contributed by atoms with E-state index in [-0.39, 0.29) is 23.1 Å². The summed E-state index contributed by atoms with van der Waals surface area (Å²) in [6, 6.07) is 21.2. The Labute approximate surface area is 222 Å². The molecule has 0 bridgehead atoms. The molecule has 6 nitrogen and oxygen atoms in total. The van der Waals surface area contributed by atoms with Crippen LogP contribution >= 0.6 is 0 Å². The summed E-state index contributed by atoms with van der Waals surface area (Å²) >= 11 is 0. The number of fused-ring (bicyclic) bond motifs is 2. The van der Waals surface area contributed by atoms with Crippen molar-refractivity contribution >= 4 is 21.1 Å². The monoisotopic (exact) mass is 530 g/mol. The van der Waals surface area contributed by atoms with Crippen molar-refractivity contribution in [2.24, 2.45) is 5.92 Å². The van der Waals surface area contributed by atoms with Crippen LogP contribution in [0.4, 0.5) is 4.39 Å². The molecule has 2 aliphatic heterocycles. The highest BCUT2D eigenvalue weighted by Gasteiger charge is 2.71. The van der Waals surface area contributed by atoms with E-state index in [1.54, 1.807) is 20.7 Å². The minimum absolute atomic E-state index is 0.229. The van der Waals surface area contributed by atoms with Crippen LogP contribution in [-0.4, -0.2) is 53.0 Å². The second kappa shape index (κ2) is 8.73. The molecule has 0 N–H and O–H groups in total. The van der Waals surface area contributed by atoms with E-state index in [4.69, 9.17) is 0 Å². The number of hydrogen-bond donors (Lipinski definition) is 0. The van der Waals surface area contributed by atoms with E-state index in [2.05, 4.69) is 48.4 Å². The van der Waals surface area contributed by atoms with Crippen LogP contribution in [0.5, 0.6) is 0 Å². The van der Waals surface area contributed by atoms with Crippen molar-refractivity contribution in [2.45, 2.75) is 37.5 Å². The second-order valence-corrected chi connectivity index (χ2v) is 13.0. The number of benzene rings is 3. The van der Waals surface area contributed by atoms with Crippen molar-refractivity contribution in [1.29, 1.82) is 0 Å². The van der Waals surface area contributed by atoms with Gasteiger partial charge in [0, 0.05) is 42.9 Å². The van der Waals surface area contributed by atoms with E-state index in [9.17, 15) is 12.8 Å². The van der Waals surface area contributed by atoms with Gasteiger partial charge in [0.05, 0.1) is 17.4 Å². The first-order valence-electron chi connectivity index (χ1n) is 13.4. The Kier molecular flexibility index (Phi) is 5.51. The van der Waals surface area contributed by atoms with Crippen molar-refractivity contribution in [3.63, 3.8) is 0 Å². The SMILES string of the molecule is Cc1cc2c(cnn2-c2ccc(F)cc2)cc1[C@@]12CN(S(=O)(=O)N3CCCCC3)C[C@@H]1[C@H]2c1ccccc1. The van der Waals surface area contributed by atoms with E-state index in [0.29, 0.717) is 26.2 Å². The molecule has 4 aromatic rings. The lowest BCUT2D eigenvalue weighted by Gasteiger charge is -2.32. The van der Waals surface area contributed by atoms with Crippen LogP contribution in [0.15, 0.2) is 72.9 Å². The highest BCUT2D eigenvalue weighted by atomic mass is 32.2. The molecular formula is C30H31FN4O2S. The van der Waals surface area contributed by atoms with Crippen LogP contribution in [0.1, 0.15) is 41.9 Å². The van der Waals surface area contributed by atoms with Gasteiger partial charge in [-0.2, -0.15) is 22.1 Å². The summed E-state index contributed by atoms with van der Waals surface area (Å²) in [7, 11) is -3.49. The lowest BCUT2D eigenvalue weighted by atomic mass is 9.87. The fourth-order valence-corrected chi connectivity index (χ4v) is 8.90. The Morgan fingerprint density at radius 2 is 1.68 bits per heavy atom. The standard InChI is InChI=1S/C30H31FN4O2S/c1-21-16-28-23(18-32-35(28)25-12-10-24(31)11-13-25)17-26(21)30-20-34(38(36,37)33-14-6-3-7-15-33)19-27(30)29(30)22-8-4-2-5-9-22/h2,4-5,8-13,16-18,27,29H,3,6-7,14-15,19-20H2,1H3/t27-,29-,30+/m1/s1. The van der Waals surface area contributed by atoms with Gasteiger partial charge in [-0.3, -0.25) is 0 Å². The summed E-state index contributed by atoms with van der Waals surface area (Å²) < 4.78 is 46.1. The molecule has 1 saturated carbocycles. The zero-order valence-corrected chi connectivity index (χ0v) is 22.2. The fourth-order valence-electron chi connectivity index (χ4n) is 7.12. The molecule has 0 spiro atoms. The van der Waals surface area contributed by atoms with Crippen molar-refractivity contribution < 1.29 is 12.8 Å². The summed E-state index contributed by atoms with van der Waals surface area (Å²) in [6.07, 6.45) is 4.81. The van der Waals surface area contributed by atoms with E-state index in [0.717, 1.165) is 41.4 Å². The van der Waals surface area contributed by atoms with Crippen molar-refractivity contribution in [3.05, 3.63) is 95.4 Å². The maximum absolute atomic E-state index is 13.7. The predicted octanol–water partition coefficient (Wildman–Crippen LogP) is 5.17. The first-order chi connectivity index (χ1) is 18.4. The lowest BCUT2D eigenvalue weighted by Crippen LogP contribution is -2.46. The molecule has 38 heavy (non-hydrogen) atoms. The van der Waals surface area contributed by atoms with Gasteiger partial charge in [0.25, 0.3) is 10.2 Å². The van der Waals surface area contributed by atoms with Crippen LogP contribution in [0.25, 0.3) is 16.6 Å². The Balaban J connectivity index is 1.30. The number of hydrogen-bond acceptors (Lipinski definition) is 3. The quantitative estimate of drug-likeness (QED) is 0.358. The minimum atomic E-state index is -3.49. The lowest BCUT2D eigenvalue weighted by molar-refractivity contribution is 0.306. The zero-order valence-electron chi connectivity index (χ0n) is 21.4. The smallest absolute Gasteiger partial charge is 0.233 e. The molecule has 2 saturated heterocycles. The van der Waals surface area contributed by atoms with Crippen LogP contribution in [-0.2, 0) is 15.6 Å². The topological polar surface area (TPSA) is 58.4 Å². The van der Waals surface area contributed by atoms with Gasteiger partial charge in [-0.15, -0.1) is 0 Å². The Morgan fingerprint density at radius 1 is 0.947 bits per heavy atom. The number of aromatic nitrogens is 2. The molecule has 3 aromatic carbocycles. The van der Waals surface area contributed by atoms with Crippen molar-refractivity contribution in [2.75, 3.05) is 26.2 Å². The third kappa shape index (κ3) is 3.57. The van der Waals surface area contributed by atoms with Gasteiger partial charge in [0.2, 0.25) is 0 Å². The first-order valence-corrected chi connectivity index (χ1v) is 14.8. The summed E-state index contributed by atoms with van der Waals surface area (Å²) in [4.78, 5) is 0. The molecular weight excluding hydrogens is 499 g/mol. The molecule has 3 aliphatic rings. The maximum Gasteiger partial charge on any atom is 0.282 e. The molecule has 196 valence electrons. The molecule has 0 amide bonds. The third-order valence-corrected chi connectivity index (χ3v) is 10.9. The van der Waals surface area contributed by atoms with Gasteiger partial charge in [-0.25, -0.2) is 9.07 Å².